The van der Waals surface area contributed by atoms with Crippen LogP contribution >= 0.6 is 0 Å². The summed E-state index contributed by atoms with van der Waals surface area (Å²) in [5.41, 5.74) is 1.16. The molecule has 0 unspecified atom stereocenters. The van der Waals surface area contributed by atoms with E-state index in [2.05, 4.69) is 17.1 Å². The molecule has 0 aromatic heterocycles. The molecule has 2 saturated heterocycles. The smallest absolute Gasteiger partial charge is 0.335 e. The Labute approximate surface area is 265 Å². The van der Waals surface area contributed by atoms with Gasteiger partial charge in [-0.1, -0.05) is 50.8 Å². The molecule has 2 aliphatic heterocycles. The van der Waals surface area contributed by atoms with Crippen LogP contribution in [0, 0.1) is 5.92 Å². The number of piperazine rings is 1. The van der Waals surface area contributed by atoms with Crippen molar-refractivity contribution in [1.29, 1.82) is 0 Å². The van der Waals surface area contributed by atoms with E-state index < -0.39 is 23.7 Å². The normalized spacial score (nSPS) is 21.4. The SMILES string of the molecule is CCCCN1C(=O)[C@@H]([C@H](O)C2CCCCC2)NC(=O)C12CCN(Cc1ccc(OCc3ccc(C(=O)O)cc3OC)cc1)CC2. The number of methoxy groups -OCH3 is 1. The van der Waals surface area contributed by atoms with Crippen molar-refractivity contribution in [2.45, 2.75) is 95.5 Å². The lowest BCUT2D eigenvalue weighted by molar-refractivity contribution is -0.166. The second kappa shape index (κ2) is 14.6. The number of aliphatic hydroxyl groups is 1. The minimum atomic E-state index is -1.01. The fourth-order valence-electron chi connectivity index (χ4n) is 7.14. The number of carboxylic acid groups (broad SMARTS) is 1. The van der Waals surface area contributed by atoms with Crippen molar-refractivity contribution in [3.8, 4) is 11.5 Å². The Balaban J connectivity index is 1.18. The Morgan fingerprint density at radius 3 is 2.42 bits per heavy atom. The van der Waals surface area contributed by atoms with Crippen molar-refractivity contribution >= 4 is 17.8 Å². The minimum absolute atomic E-state index is 0.0573. The van der Waals surface area contributed by atoms with Crippen molar-refractivity contribution in [2.75, 3.05) is 26.7 Å². The zero-order valence-corrected chi connectivity index (χ0v) is 26.5. The van der Waals surface area contributed by atoms with E-state index >= 15 is 0 Å². The van der Waals surface area contributed by atoms with Gasteiger partial charge in [-0.05, 0) is 67.9 Å². The number of carbonyl (C=O) groups excluding carboxylic acids is 2. The number of aromatic carboxylic acids is 1. The van der Waals surface area contributed by atoms with Crippen LogP contribution in [0.1, 0.15) is 86.2 Å². The van der Waals surface area contributed by atoms with E-state index in [1.54, 1.807) is 6.07 Å². The number of likely N-dealkylation sites (tertiary alicyclic amines) is 1. The van der Waals surface area contributed by atoms with Crippen molar-refractivity contribution in [3.05, 3.63) is 59.2 Å². The Morgan fingerprint density at radius 1 is 1.07 bits per heavy atom. The number of aliphatic hydroxyl groups excluding tert-OH is 1. The molecule has 244 valence electrons. The zero-order chi connectivity index (χ0) is 32.0. The number of rotatable bonds is 12. The summed E-state index contributed by atoms with van der Waals surface area (Å²) >= 11 is 0. The molecule has 10 heteroatoms. The molecular weight excluding hydrogens is 574 g/mol. The number of amides is 2. The highest BCUT2D eigenvalue weighted by Gasteiger charge is 2.55. The molecule has 5 rings (SSSR count). The average molecular weight is 622 g/mol. The van der Waals surface area contributed by atoms with Gasteiger partial charge in [0.1, 0.15) is 29.7 Å². The predicted molar refractivity (Wildman–Crippen MR) is 169 cm³/mol. The summed E-state index contributed by atoms with van der Waals surface area (Å²) in [5.74, 6) is -0.0413. The lowest BCUT2D eigenvalue weighted by Gasteiger charge is -2.52. The highest BCUT2D eigenvalue weighted by Crippen LogP contribution is 2.36. The van der Waals surface area contributed by atoms with Crippen molar-refractivity contribution in [3.63, 3.8) is 0 Å². The Bertz CT molecular complexity index is 1330. The second-order valence-corrected chi connectivity index (χ2v) is 12.8. The summed E-state index contributed by atoms with van der Waals surface area (Å²) in [6, 6.07) is 11.7. The van der Waals surface area contributed by atoms with Crippen LogP contribution in [0.4, 0.5) is 0 Å². The number of unbranched alkanes of at least 4 members (excludes halogenated alkanes) is 1. The van der Waals surface area contributed by atoms with Crippen molar-refractivity contribution < 1.29 is 34.1 Å². The Morgan fingerprint density at radius 2 is 1.78 bits per heavy atom. The van der Waals surface area contributed by atoms with Crippen LogP contribution in [0.2, 0.25) is 0 Å². The molecule has 2 atom stereocenters. The second-order valence-electron chi connectivity index (χ2n) is 12.8. The largest absolute Gasteiger partial charge is 0.496 e. The molecule has 2 heterocycles. The highest BCUT2D eigenvalue weighted by molar-refractivity contribution is 6.00. The average Bonchev–Trinajstić information content (AvgIpc) is 3.07. The topological polar surface area (TPSA) is 129 Å². The van der Waals surface area contributed by atoms with Crippen molar-refractivity contribution in [2.24, 2.45) is 5.92 Å². The van der Waals surface area contributed by atoms with E-state index in [1.165, 1.54) is 19.2 Å². The van der Waals surface area contributed by atoms with E-state index in [-0.39, 0.29) is 29.9 Å². The number of nitrogens with zero attached hydrogens (tertiary/aromatic N) is 2. The van der Waals surface area contributed by atoms with Gasteiger partial charge >= 0.3 is 5.97 Å². The fraction of sp³-hybridized carbons (Fsp3) is 0.571. The van der Waals surface area contributed by atoms with E-state index in [4.69, 9.17) is 9.47 Å². The van der Waals surface area contributed by atoms with Crippen molar-refractivity contribution in [1.82, 2.24) is 15.1 Å². The molecule has 3 N–H and O–H groups in total. The molecule has 0 bridgehead atoms. The van der Waals surface area contributed by atoms with Gasteiger partial charge in [0, 0.05) is 31.7 Å². The summed E-state index contributed by atoms with van der Waals surface area (Å²) in [4.78, 5) is 43.0. The molecule has 1 aliphatic carbocycles. The zero-order valence-electron chi connectivity index (χ0n) is 26.5. The van der Waals surface area contributed by atoms with Gasteiger partial charge in [-0.3, -0.25) is 14.5 Å². The molecule has 0 radical (unpaired) electrons. The third-order valence-corrected chi connectivity index (χ3v) is 9.91. The fourth-order valence-corrected chi connectivity index (χ4v) is 7.14. The summed E-state index contributed by atoms with van der Waals surface area (Å²) in [7, 11) is 1.50. The molecule has 1 spiro atoms. The minimum Gasteiger partial charge on any atom is -0.496 e. The van der Waals surface area contributed by atoms with Crippen LogP contribution < -0.4 is 14.8 Å². The van der Waals surface area contributed by atoms with Crippen LogP contribution in [0.5, 0.6) is 11.5 Å². The summed E-state index contributed by atoms with van der Waals surface area (Å²) in [6.07, 6.45) is 7.12. The predicted octanol–water partition coefficient (Wildman–Crippen LogP) is 4.38. The number of carbonyl (C=O) groups is 3. The number of hydrogen-bond acceptors (Lipinski definition) is 7. The summed E-state index contributed by atoms with van der Waals surface area (Å²) < 4.78 is 11.3. The van der Waals surface area contributed by atoms with Gasteiger partial charge in [-0.15, -0.1) is 0 Å². The third-order valence-electron chi connectivity index (χ3n) is 9.91. The lowest BCUT2D eigenvalue weighted by atomic mass is 9.78. The van der Waals surface area contributed by atoms with Crippen LogP contribution in [-0.4, -0.2) is 82.2 Å². The molecule has 3 aliphatic rings. The first-order chi connectivity index (χ1) is 21.8. The number of carboxylic acids is 1. The Kier molecular flexibility index (Phi) is 10.7. The standard InChI is InChI=1S/C35H47N3O7/c1-3-4-18-38-32(40)30(31(39)25-8-6-5-7-9-25)36-34(43)35(38)16-19-37(20-17-35)22-24-10-14-28(15-11-24)45-23-27-13-12-26(33(41)42)21-29(27)44-2/h10-15,21,25,30-31,39H,3-9,16-20,22-23H2,1-2H3,(H,36,43)(H,41,42)/t30-,31-/m1/s1. The van der Waals surface area contributed by atoms with E-state index in [1.807, 2.05) is 29.2 Å². The van der Waals surface area contributed by atoms with Gasteiger partial charge in [-0.2, -0.15) is 0 Å². The number of hydrogen-bond donors (Lipinski definition) is 3. The summed E-state index contributed by atoms with van der Waals surface area (Å²) in [5, 5.41) is 23.4. The lowest BCUT2D eigenvalue weighted by Crippen LogP contribution is -2.75. The van der Waals surface area contributed by atoms with Gasteiger partial charge in [0.15, 0.2) is 0 Å². The number of benzene rings is 2. The number of piperidine rings is 1. The first kappa shape index (κ1) is 32.8. The molecule has 2 aromatic carbocycles. The maximum Gasteiger partial charge on any atom is 0.335 e. The van der Waals surface area contributed by atoms with Gasteiger partial charge in [0.25, 0.3) is 0 Å². The first-order valence-electron chi connectivity index (χ1n) is 16.4. The van der Waals surface area contributed by atoms with Gasteiger partial charge in [0.2, 0.25) is 11.8 Å². The maximum atomic E-state index is 13.9. The van der Waals surface area contributed by atoms with Crippen LogP contribution in [0.25, 0.3) is 0 Å². The monoisotopic (exact) mass is 621 g/mol. The van der Waals surface area contributed by atoms with Crippen LogP contribution in [-0.2, 0) is 22.7 Å². The highest BCUT2D eigenvalue weighted by atomic mass is 16.5. The van der Waals surface area contributed by atoms with Crippen LogP contribution in [0.15, 0.2) is 42.5 Å². The Hall–Kier alpha value is -3.63. The molecule has 1 saturated carbocycles. The van der Waals surface area contributed by atoms with Gasteiger partial charge in [0.05, 0.1) is 18.8 Å². The molecule has 3 fully saturated rings. The molecular formula is C35H47N3O7. The first-order valence-corrected chi connectivity index (χ1v) is 16.4. The number of ether oxygens (including phenoxy) is 2. The maximum absolute atomic E-state index is 13.9. The molecule has 10 nitrogen and oxygen atoms in total. The van der Waals surface area contributed by atoms with Crippen LogP contribution in [0.3, 0.4) is 0 Å². The van der Waals surface area contributed by atoms with E-state index in [9.17, 15) is 24.6 Å². The quantitative estimate of drug-likeness (QED) is 0.319. The summed E-state index contributed by atoms with van der Waals surface area (Å²) in [6.45, 7) is 4.95. The van der Waals surface area contributed by atoms with E-state index in [0.717, 1.165) is 56.1 Å². The molecule has 45 heavy (non-hydrogen) atoms. The molecule has 2 amide bonds. The molecule has 2 aromatic rings. The number of nitrogens with one attached hydrogen (secondary N) is 1. The third kappa shape index (κ3) is 7.28. The van der Waals surface area contributed by atoms with E-state index in [0.29, 0.717) is 50.5 Å². The van der Waals surface area contributed by atoms with Gasteiger partial charge < -0.3 is 29.9 Å². The van der Waals surface area contributed by atoms with Gasteiger partial charge in [-0.25, -0.2) is 4.79 Å².